The molecule has 0 aliphatic carbocycles. The number of halogens is 1. The molecule has 0 bridgehead atoms. The maximum atomic E-state index is 13.9. The third-order valence-electron chi connectivity index (χ3n) is 3.55. The Balaban J connectivity index is 2.18. The van der Waals surface area contributed by atoms with Crippen molar-refractivity contribution in [2.75, 3.05) is 20.7 Å². The highest BCUT2D eigenvalue weighted by molar-refractivity contribution is 7.09. The van der Waals surface area contributed by atoms with Gasteiger partial charge >= 0.3 is 0 Å². The van der Waals surface area contributed by atoms with E-state index in [0.29, 0.717) is 6.54 Å². The van der Waals surface area contributed by atoms with Crippen molar-refractivity contribution in [3.8, 4) is 5.75 Å². The third kappa shape index (κ3) is 3.58. The van der Waals surface area contributed by atoms with Crippen molar-refractivity contribution in [3.05, 3.63) is 45.7 Å². The molecule has 0 amide bonds. The number of methoxy groups -OCH3 is 1. The number of aromatic nitrogens is 1. The minimum absolute atomic E-state index is 0.0492. The highest BCUT2D eigenvalue weighted by Gasteiger charge is 2.18. The first-order valence-electron chi connectivity index (χ1n) is 6.69. The molecule has 0 aliphatic heterocycles. The number of hydrogen-bond acceptors (Lipinski definition) is 5. The lowest BCUT2D eigenvalue weighted by Gasteiger charge is -2.27. The van der Waals surface area contributed by atoms with Crippen molar-refractivity contribution in [2.45, 2.75) is 19.5 Å². The van der Waals surface area contributed by atoms with E-state index in [9.17, 15) is 4.39 Å². The number of nitrogens with two attached hydrogens (primary N) is 1. The van der Waals surface area contributed by atoms with Crippen molar-refractivity contribution < 1.29 is 9.13 Å². The second-order valence-corrected chi connectivity index (χ2v) is 5.86. The zero-order valence-corrected chi connectivity index (χ0v) is 13.3. The van der Waals surface area contributed by atoms with E-state index in [1.165, 1.54) is 18.1 Å². The zero-order chi connectivity index (χ0) is 15.4. The predicted octanol–water partition coefficient (Wildman–Crippen LogP) is 2.73. The number of likely N-dealkylation sites (N-methyl/N-ethyl adjacent to an activating group) is 1. The average Bonchev–Trinajstić information content (AvgIpc) is 2.85. The van der Waals surface area contributed by atoms with Gasteiger partial charge in [0, 0.05) is 24.0 Å². The Bertz CT molecular complexity index is 602. The van der Waals surface area contributed by atoms with Gasteiger partial charge in [-0.2, -0.15) is 0 Å². The van der Waals surface area contributed by atoms with Crippen LogP contribution in [0.4, 0.5) is 4.39 Å². The molecular formula is C15H20FN3OS. The van der Waals surface area contributed by atoms with Crippen molar-refractivity contribution in [3.63, 3.8) is 0 Å². The molecule has 0 radical (unpaired) electrons. The molecule has 0 aliphatic rings. The van der Waals surface area contributed by atoms with Crippen LogP contribution in [0.1, 0.15) is 22.2 Å². The van der Waals surface area contributed by atoms with Gasteiger partial charge in [-0.25, -0.2) is 9.37 Å². The molecule has 2 N–H and O–H groups in total. The molecule has 1 unspecified atom stereocenters. The fourth-order valence-electron chi connectivity index (χ4n) is 2.28. The van der Waals surface area contributed by atoms with Crippen LogP contribution >= 0.6 is 11.3 Å². The van der Waals surface area contributed by atoms with Gasteiger partial charge in [0.05, 0.1) is 18.3 Å². The minimum Gasteiger partial charge on any atom is -0.494 e. The number of nitrogens with zero attached hydrogens (tertiary/aromatic N) is 2. The van der Waals surface area contributed by atoms with Gasteiger partial charge in [0.1, 0.15) is 0 Å². The van der Waals surface area contributed by atoms with E-state index < -0.39 is 0 Å². The van der Waals surface area contributed by atoms with Gasteiger partial charge in [-0.3, -0.25) is 4.90 Å². The number of ether oxygens (including phenoxy) is 1. The molecule has 0 saturated heterocycles. The summed E-state index contributed by atoms with van der Waals surface area (Å²) in [4.78, 5) is 7.56. The van der Waals surface area contributed by atoms with Crippen LogP contribution in [0.2, 0.25) is 0 Å². The number of benzene rings is 1. The second kappa shape index (κ2) is 6.98. The predicted molar refractivity (Wildman–Crippen MR) is 83.1 cm³/mol. The van der Waals surface area contributed by atoms with E-state index in [0.717, 1.165) is 17.8 Å². The quantitative estimate of drug-likeness (QED) is 0.891. The second-order valence-electron chi connectivity index (χ2n) is 4.92. The van der Waals surface area contributed by atoms with Gasteiger partial charge in [-0.1, -0.05) is 6.07 Å². The van der Waals surface area contributed by atoms with Gasteiger partial charge in [-0.05, 0) is 31.7 Å². The van der Waals surface area contributed by atoms with Gasteiger partial charge in [0.2, 0.25) is 0 Å². The summed E-state index contributed by atoms with van der Waals surface area (Å²) in [7, 11) is 3.44. The molecule has 1 heterocycles. The molecule has 1 aromatic heterocycles. The number of hydrogen-bond donors (Lipinski definition) is 1. The molecule has 2 aromatic rings. The molecular weight excluding hydrogens is 289 g/mol. The van der Waals surface area contributed by atoms with E-state index in [4.69, 9.17) is 10.5 Å². The topological polar surface area (TPSA) is 51.4 Å². The van der Waals surface area contributed by atoms with Crippen molar-refractivity contribution in [1.29, 1.82) is 0 Å². The van der Waals surface area contributed by atoms with Gasteiger partial charge in [0.15, 0.2) is 11.6 Å². The first kappa shape index (κ1) is 15.9. The molecule has 6 heteroatoms. The Hall–Kier alpha value is -1.50. The van der Waals surface area contributed by atoms with E-state index in [1.807, 2.05) is 25.5 Å². The Morgan fingerprint density at radius 2 is 2.24 bits per heavy atom. The maximum Gasteiger partial charge on any atom is 0.165 e. The SMILES string of the molecule is COc1ccc(C(CN)N(C)Cc2scnc2C)cc1F. The van der Waals surface area contributed by atoms with Crippen molar-refractivity contribution >= 4 is 11.3 Å². The number of aryl methyl sites for hydroxylation is 1. The summed E-state index contributed by atoms with van der Waals surface area (Å²) in [6, 6.07) is 4.94. The van der Waals surface area contributed by atoms with E-state index >= 15 is 0 Å². The summed E-state index contributed by atoms with van der Waals surface area (Å²) in [5.74, 6) is -0.119. The smallest absolute Gasteiger partial charge is 0.165 e. The Morgan fingerprint density at radius 1 is 1.48 bits per heavy atom. The van der Waals surface area contributed by atoms with Crippen LogP contribution in [-0.2, 0) is 6.54 Å². The first-order chi connectivity index (χ1) is 10.1. The van der Waals surface area contributed by atoms with Gasteiger partial charge in [0.25, 0.3) is 0 Å². The van der Waals surface area contributed by atoms with E-state index in [2.05, 4.69) is 9.88 Å². The van der Waals surface area contributed by atoms with E-state index in [-0.39, 0.29) is 17.6 Å². The number of thiazole rings is 1. The highest BCUT2D eigenvalue weighted by Crippen LogP contribution is 2.26. The van der Waals surface area contributed by atoms with Crippen LogP contribution in [0, 0.1) is 12.7 Å². The Kier molecular flexibility index (Phi) is 5.27. The van der Waals surface area contributed by atoms with Crippen LogP contribution in [0.25, 0.3) is 0 Å². The van der Waals surface area contributed by atoms with Gasteiger partial charge < -0.3 is 10.5 Å². The lowest BCUT2D eigenvalue weighted by atomic mass is 10.0. The lowest BCUT2D eigenvalue weighted by molar-refractivity contribution is 0.242. The normalized spacial score (nSPS) is 12.7. The monoisotopic (exact) mass is 309 g/mol. The molecule has 0 fully saturated rings. The van der Waals surface area contributed by atoms with Crippen LogP contribution in [0.3, 0.4) is 0 Å². The van der Waals surface area contributed by atoms with Crippen molar-refractivity contribution in [2.24, 2.45) is 5.73 Å². The average molecular weight is 309 g/mol. The largest absolute Gasteiger partial charge is 0.494 e. The molecule has 2 rings (SSSR count). The fraction of sp³-hybridized carbons (Fsp3) is 0.400. The standard InChI is InChI=1S/C15H20FN3OS/c1-10-15(21-9-18-10)8-19(2)13(7-17)11-4-5-14(20-3)12(16)6-11/h4-6,9,13H,7-8,17H2,1-3H3. The molecule has 4 nitrogen and oxygen atoms in total. The maximum absolute atomic E-state index is 13.9. The van der Waals surface area contributed by atoms with Crippen LogP contribution in [0.15, 0.2) is 23.7 Å². The first-order valence-corrected chi connectivity index (χ1v) is 7.57. The van der Waals surface area contributed by atoms with Gasteiger partial charge in [-0.15, -0.1) is 11.3 Å². The zero-order valence-electron chi connectivity index (χ0n) is 12.5. The minimum atomic E-state index is -0.365. The lowest BCUT2D eigenvalue weighted by Crippen LogP contribution is -2.30. The summed E-state index contributed by atoms with van der Waals surface area (Å²) in [5.41, 5.74) is 9.60. The summed E-state index contributed by atoms with van der Waals surface area (Å²) in [6.07, 6.45) is 0. The van der Waals surface area contributed by atoms with Crippen LogP contribution in [0.5, 0.6) is 5.75 Å². The molecule has 1 aromatic carbocycles. The third-order valence-corrected chi connectivity index (χ3v) is 4.47. The van der Waals surface area contributed by atoms with Crippen molar-refractivity contribution in [1.82, 2.24) is 9.88 Å². The summed E-state index contributed by atoms with van der Waals surface area (Å²) in [5, 5.41) is 0. The highest BCUT2D eigenvalue weighted by atomic mass is 32.1. The Labute approximate surface area is 128 Å². The molecule has 21 heavy (non-hydrogen) atoms. The fourth-order valence-corrected chi connectivity index (χ4v) is 3.11. The number of rotatable bonds is 6. The summed E-state index contributed by atoms with van der Waals surface area (Å²) < 4.78 is 18.8. The molecule has 0 saturated carbocycles. The van der Waals surface area contributed by atoms with Crippen LogP contribution in [-0.4, -0.2) is 30.6 Å². The molecule has 1 atom stereocenters. The van der Waals surface area contributed by atoms with Crippen LogP contribution < -0.4 is 10.5 Å². The summed E-state index contributed by atoms with van der Waals surface area (Å²) in [6.45, 7) is 3.15. The Morgan fingerprint density at radius 3 is 2.76 bits per heavy atom. The molecule has 0 spiro atoms. The van der Waals surface area contributed by atoms with E-state index in [1.54, 1.807) is 17.4 Å². The molecule has 114 valence electrons. The summed E-state index contributed by atoms with van der Waals surface area (Å²) >= 11 is 1.62.